The minimum Gasteiger partial charge on any atom is -0.596 e. The Kier molecular flexibility index (Phi) is 3.68. The van der Waals surface area contributed by atoms with Crippen molar-refractivity contribution >= 4 is 24.7 Å². The molecule has 2 heterocycles. The summed E-state index contributed by atoms with van der Waals surface area (Å²) in [5.41, 5.74) is 1.35. The molecule has 0 radical (unpaired) electrons. The SMILES string of the molecule is C[C@@H]1[C@H]2C[C@@H](C[C@H]1[N+]13CC(=O)O[B-]1(C=Cc1ccccc1)OC(=O)C3)C2(C)C. The first-order valence-electron chi connectivity index (χ1n) is 10.5. The van der Waals surface area contributed by atoms with E-state index in [9.17, 15) is 9.59 Å². The van der Waals surface area contributed by atoms with Crippen LogP contribution in [0.5, 0.6) is 0 Å². The van der Waals surface area contributed by atoms with Gasteiger partial charge in [0.25, 0.3) is 0 Å². The number of hydrogen-bond acceptors (Lipinski definition) is 4. The second kappa shape index (κ2) is 5.72. The maximum atomic E-state index is 12.5. The van der Waals surface area contributed by atoms with Gasteiger partial charge in [-0.3, -0.25) is 9.59 Å². The summed E-state index contributed by atoms with van der Waals surface area (Å²) in [4.78, 5) is 25.0. The van der Waals surface area contributed by atoms with Crippen molar-refractivity contribution < 1.29 is 23.3 Å². The fourth-order valence-corrected chi connectivity index (χ4v) is 6.83. The zero-order chi connectivity index (χ0) is 19.7. The van der Waals surface area contributed by atoms with Crippen LogP contribution in [-0.2, 0) is 18.9 Å². The van der Waals surface area contributed by atoms with Gasteiger partial charge in [-0.2, -0.15) is 0 Å². The van der Waals surface area contributed by atoms with Crippen LogP contribution in [0, 0.1) is 23.2 Å². The minimum absolute atomic E-state index is 0.218. The Labute approximate surface area is 166 Å². The Morgan fingerprint density at radius 1 is 1.07 bits per heavy atom. The third-order valence-corrected chi connectivity index (χ3v) is 8.47. The Bertz CT molecular complexity index is 845. The van der Waals surface area contributed by atoms with E-state index in [1.165, 1.54) is 6.42 Å². The lowest BCUT2D eigenvalue weighted by Gasteiger charge is -2.66. The largest absolute Gasteiger partial charge is 0.608 e. The van der Waals surface area contributed by atoms with Gasteiger partial charge in [-0.05, 0) is 35.7 Å². The highest BCUT2D eigenvalue weighted by Gasteiger charge is 2.71. The average Bonchev–Trinajstić information content (AvgIpc) is 3.06. The van der Waals surface area contributed by atoms with Crippen molar-refractivity contribution in [1.82, 2.24) is 0 Å². The summed E-state index contributed by atoms with van der Waals surface area (Å²) in [6.45, 7) is 5.34. The van der Waals surface area contributed by atoms with E-state index in [4.69, 9.17) is 9.31 Å². The van der Waals surface area contributed by atoms with Gasteiger partial charge in [-0.25, -0.2) is 0 Å². The molecule has 4 atom stereocenters. The van der Waals surface area contributed by atoms with E-state index in [1.807, 2.05) is 42.4 Å². The van der Waals surface area contributed by atoms with Gasteiger partial charge < -0.3 is 13.7 Å². The fourth-order valence-electron chi connectivity index (χ4n) is 6.83. The van der Waals surface area contributed by atoms with Crippen molar-refractivity contribution in [2.24, 2.45) is 23.2 Å². The molecule has 5 nitrogen and oxygen atoms in total. The van der Waals surface area contributed by atoms with E-state index >= 15 is 0 Å². The first-order valence-corrected chi connectivity index (χ1v) is 10.5. The first-order chi connectivity index (χ1) is 13.3. The molecular weight excluding hydrogens is 353 g/mol. The van der Waals surface area contributed by atoms with Crippen LogP contribution < -0.4 is 0 Å². The van der Waals surface area contributed by atoms with Crippen LogP contribution in [0.15, 0.2) is 36.3 Å². The van der Waals surface area contributed by atoms with E-state index in [0.29, 0.717) is 27.6 Å². The lowest BCUT2D eigenvalue weighted by atomic mass is 9.43. The van der Waals surface area contributed by atoms with Crippen LogP contribution in [0.1, 0.15) is 39.2 Å². The van der Waals surface area contributed by atoms with Crippen molar-refractivity contribution in [2.45, 2.75) is 39.7 Å². The molecule has 2 bridgehead atoms. The summed E-state index contributed by atoms with van der Waals surface area (Å²) in [5.74, 6) is 3.05. The first kappa shape index (κ1) is 18.0. The molecule has 0 N–H and O–H groups in total. The Hall–Kier alpha value is -2.08. The average molecular weight is 381 g/mol. The molecule has 3 aliphatic carbocycles. The van der Waals surface area contributed by atoms with Crippen molar-refractivity contribution in [3.63, 3.8) is 0 Å². The third-order valence-electron chi connectivity index (χ3n) is 8.47. The second-order valence-corrected chi connectivity index (χ2v) is 9.92. The maximum Gasteiger partial charge on any atom is 0.608 e. The molecule has 5 aliphatic rings. The highest BCUT2D eigenvalue weighted by Crippen LogP contribution is 2.64. The number of carbonyl (C=O) groups excluding carboxylic acids is 2. The lowest BCUT2D eigenvalue weighted by Crippen LogP contribution is -2.73. The van der Waals surface area contributed by atoms with Crippen molar-refractivity contribution in [3.05, 3.63) is 41.9 Å². The van der Waals surface area contributed by atoms with Gasteiger partial charge >= 0.3 is 18.6 Å². The predicted molar refractivity (Wildman–Crippen MR) is 106 cm³/mol. The molecule has 0 spiro atoms. The zero-order valence-electron chi connectivity index (χ0n) is 16.8. The smallest absolute Gasteiger partial charge is 0.596 e. The highest BCUT2D eigenvalue weighted by molar-refractivity contribution is 6.71. The number of quaternary nitrogens is 1. The van der Waals surface area contributed by atoms with Gasteiger partial charge in [0.05, 0.1) is 6.04 Å². The number of nitrogens with zero attached hydrogens (tertiary/aromatic N) is 1. The molecule has 5 fully saturated rings. The van der Waals surface area contributed by atoms with Gasteiger partial charge in [0.1, 0.15) is 13.1 Å². The summed E-state index contributed by atoms with van der Waals surface area (Å²) >= 11 is 0. The molecule has 3 saturated carbocycles. The molecule has 6 rings (SSSR count). The molecule has 28 heavy (non-hydrogen) atoms. The molecule has 1 aromatic carbocycles. The predicted octanol–water partition coefficient (Wildman–Crippen LogP) is 3.18. The molecule has 0 aromatic heterocycles. The van der Waals surface area contributed by atoms with E-state index in [1.54, 1.807) is 0 Å². The van der Waals surface area contributed by atoms with Crippen LogP contribution >= 0.6 is 0 Å². The number of benzene rings is 1. The Morgan fingerprint density at radius 3 is 2.29 bits per heavy atom. The van der Waals surface area contributed by atoms with Gasteiger partial charge in [0.15, 0.2) is 0 Å². The monoisotopic (exact) mass is 381 g/mol. The summed E-state index contributed by atoms with van der Waals surface area (Å²) in [5, 5.41) is 0. The van der Waals surface area contributed by atoms with Crippen molar-refractivity contribution in [1.29, 1.82) is 0 Å². The van der Waals surface area contributed by atoms with Crippen LogP contribution in [0.25, 0.3) is 6.08 Å². The van der Waals surface area contributed by atoms with Crippen LogP contribution in [0.3, 0.4) is 0 Å². The summed E-state index contributed by atoms with van der Waals surface area (Å²) < 4.78 is 12.0. The van der Waals surface area contributed by atoms with Crippen LogP contribution in [0.2, 0.25) is 0 Å². The fraction of sp³-hybridized carbons (Fsp3) is 0.545. The second-order valence-electron chi connectivity index (χ2n) is 9.92. The molecule has 0 unspecified atom stereocenters. The number of hydrogen-bond donors (Lipinski definition) is 0. The molecular formula is C22H28BNO4. The van der Waals surface area contributed by atoms with Gasteiger partial charge in [0.2, 0.25) is 0 Å². The maximum absolute atomic E-state index is 12.5. The van der Waals surface area contributed by atoms with Gasteiger partial charge in [0, 0.05) is 5.92 Å². The molecule has 148 valence electrons. The topological polar surface area (TPSA) is 52.6 Å². The van der Waals surface area contributed by atoms with Gasteiger partial charge in [-0.1, -0.05) is 63.2 Å². The number of rotatable bonds is 3. The lowest BCUT2D eigenvalue weighted by molar-refractivity contribution is -0.850. The molecule has 1 aromatic rings. The summed E-state index contributed by atoms with van der Waals surface area (Å²) in [6, 6.07) is 10.1. The Morgan fingerprint density at radius 2 is 1.71 bits per heavy atom. The standard InChI is InChI=1S/C22H28BNO4/c1-15-18-11-17(22(18,2)3)12-19(15)24-13-20(25)27-23(24,28-21(26)14-24)10-9-16-7-5-4-6-8-16/h4-10,15,17-19H,11-14H2,1-3H3/t15-,17+,18-,19-,23?,24?/m1/s1. The van der Waals surface area contributed by atoms with E-state index in [0.717, 1.165) is 12.0 Å². The molecule has 0 amide bonds. The molecule has 2 saturated heterocycles. The van der Waals surface area contributed by atoms with Crippen LogP contribution in [0.4, 0.5) is 0 Å². The molecule has 2 aliphatic heterocycles. The third kappa shape index (κ3) is 2.24. The normalized spacial score (nSPS) is 43.4. The summed E-state index contributed by atoms with van der Waals surface area (Å²) in [6.07, 6.45) is 4.22. The highest BCUT2D eigenvalue weighted by atomic mass is 16.7. The molecule has 6 heteroatoms. The number of carbonyl (C=O) groups is 2. The van der Waals surface area contributed by atoms with E-state index < -0.39 is 6.69 Å². The van der Waals surface area contributed by atoms with Crippen LogP contribution in [-0.4, -0.2) is 42.2 Å². The Balaban J connectivity index is 1.55. The summed E-state index contributed by atoms with van der Waals surface area (Å²) in [7, 11) is 0. The van der Waals surface area contributed by atoms with E-state index in [2.05, 4.69) is 20.8 Å². The minimum atomic E-state index is -2.16. The van der Waals surface area contributed by atoms with Crippen molar-refractivity contribution in [3.8, 4) is 0 Å². The van der Waals surface area contributed by atoms with E-state index in [-0.39, 0.29) is 31.1 Å². The zero-order valence-corrected chi connectivity index (χ0v) is 16.8. The van der Waals surface area contributed by atoms with Gasteiger partial charge in [-0.15, -0.1) is 0 Å². The van der Waals surface area contributed by atoms with Crippen molar-refractivity contribution in [2.75, 3.05) is 13.1 Å². The number of fused-ring (bicyclic) bond motifs is 4. The quantitative estimate of drug-likeness (QED) is 0.755.